The summed E-state index contributed by atoms with van der Waals surface area (Å²) in [5.41, 5.74) is 4.25. The smallest absolute Gasteiger partial charge is 0.138 e. The second kappa shape index (κ2) is 6.33. The van der Waals surface area contributed by atoms with E-state index in [0.29, 0.717) is 0 Å². The van der Waals surface area contributed by atoms with E-state index in [0.717, 1.165) is 12.2 Å². The van der Waals surface area contributed by atoms with Gasteiger partial charge in [0.05, 0.1) is 0 Å². The van der Waals surface area contributed by atoms with Crippen LogP contribution in [0.5, 0.6) is 0 Å². The lowest BCUT2D eigenvalue weighted by Crippen LogP contribution is -2.55. The van der Waals surface area contributed by atoms with Crippen LogP contribution in [-0.2, 0) is 0 Å². The van der Waals surface area contributed by atoms with Crippen LogP contribution < -0.4 is 10.3 Å². The van der Waals surface area contributed by atoms with Crippen molar-refractivity contribution in [3.63, 3.8) is 0 Å². The van der Waals surface area contributed by atoms with Crippen molar-refractivity contribution in [2.24, 2.45) is 0 Å². The van der Waals surface area contributed by atoms with Gasteiger partial charge in [-0.25, -0.2) is 5.43 Å². The van der Waals surface area contributed by atoms with Crippen LogP contribution >= 0.6 is 35.3 Å². The van der Waals surface area contributed by atoms with Crippen molar-refractivity contribution in [1.29, 1.82) is 0 Å². The average Bonchev–Trinajstić information content (AvgIpc) is 2.13. The van der Waals surface area contributed by atoms with Gasteiger partial charge in [-0.2, -0.15) is 4.83 Å². The maximum atomic E-state index is 6.37. The van der Waals surface area contributed by atoms with Crippen molar-refractivity contribution in [3.05, 3.63) is 11.6 Å². The van der Waals surface area contributed by atoms with Crippen LogP contribution in [0.2, 0.25) is 0 Å². The number of unbranched alkanes of at least 4 members (excludes halogenated alkanes) is 1. The van der Waals surface area contributed by atoms with Crippen LogP contribution in [-0.4, -0.2) is 15.4 Å². The minimum absolute atomic E-state index is 0.574. The van der Waals surface area contributed by atoms with Gasteiger partial charge in [-0.3, -0.25) is 0 Å². The summed E-state index contributed by atoms with van der Waals surface area (Å²) in [5, 5.41) is 0. The number of allylic oxidation sites excluding steroid dienone is 1. The molecule has 1 saturated heterocycles. The lowest BCUT2D eigenvalue weighted by molar-refractivity contribution is 0.264. The van der Waals surface area contributed by atoms with Gasteiger partial charge >= 0.3 is 0 Å². The highest BCUT2D eigenvalue weighted by Crippen LogP contribution is 2.26. The molecule has 0 bridgehead atoms. The van der Waals surface area contributed by atoms with Crippen LogP contribution in [0.25, 0.3) is 0 Å². The van der Waals surface area contributed by atoms with E-state index in [4.69, 9.17) is 23.4 Å². The van der Waals surface area contributed by atoms with Gasteiger partial charge in [0.1, 0.15) is 5.00 Å². The minimum atomic E-state index is -0.574. The summed E-state index contributed by atoms with van der Waals surface area (Å²) in [7, 11) is 0. The van der Waals surface area contributed by atoms with E-state index in [-0.39, 0.29) is 0 Å². The number of alkyl halides is 1. The Morgan fingerprint density at radius 2 is 2.40 bits per heavy atom. The number of nitrogens with one attached hydrogen (secondary N) is 2. The SMILES string of the molecule is CCCC/C(C)=C/C1(Cl)CSNN(Cl)N1. The first-order chi connectivity index (χ1) is 7.06. The zero-order valence-electron chi connectivity index (χ0n) is 9.02. The standard InChI is InChI=1S/C9H17Cl2N3S/c1-3-4-5-8(2)6-9(10)7-15-13-14(11)12-9/h6,12-13H,3-5,7H2,1-2H3/b8-6+. The first kappa shape index (κ1) is 13.6. The predicted molar refractivity (Wildman–Crippen MR) is 68.3 cm³/mol. The van der Waals surface area contributed by atoms with Crippen molar-refractivity contribution in [2.75, 3.05) is 5.75 Å². The van der Waals surface area contributed by atoms with Crippen LogP contribution in [0.15, 0.2) is 11.6 Å². The van der Waals surface area contributed by atoms with E-state index in [9.17, 15) is 0 Å². The Balaban J connectivity index is 2.52. The number of hydrazine groups is 2. The van der Waals surface area contributed by atoms with Gasteiger partial charge < -0.3 is 0 Å². The van der Waals surface area contributed by atoms with Crippen LogP contribution in [0, 0.1) is 0 Å². The van der Waals surface area contributed by atoms with Gasteiger partial charge in [-0.1, -0.05) is 47.1 Å². The fraction of sp³-hybridized carbons (Fsp3) is 0.778. The average molecular weight is 270 g/mol. The molecule has 0 aromatic carbocycles. The summed E-state index contributed by atoms with van der Waals surface area (Å²) in [6.45, 7) is 4.29. The summed E-state index contributed by atoms with van der Waals surface area (Å²) in [6.07, 6.45) is 5.54. The molecule has 0 aromatic rings. The van der Waals surface area contributed by atoms with Crippen LogP contribution in [0.4, 0.5) is 0 Å². The minimum Gasteiger partial charge on any atom is -0.201 e. The molecule has 6 heteroatoms. The van der Waals surface area contributed by atoms with Gasteiger partial charge in [0, 0.05) is 17.5 Å². The Labute approximate surface area is 106 Å². The molecule has 1 fully saturated rings. The Kier molecular flexibility index (Phi) is 5.74. The molecule has 0 amide bonds. The molecule has 1 aliphatic heterocycles. The van der Waals surface area contributed by atoms with E-state index in [1.165, 1.54) is 35.0 Å². The maximum absolute atomic E-state index is 6.37. The molecule has 2 N–H and O–H groups in total. The van der Waals surface area contributed by atoms with E-state index in [1.54, 1.807) is 0 Å². The first-order valence-electron chi connectivity index (χ1n) is 5.04. The molecule has 0 saturated carbocycles. The summed E-state index contributed by atoms with van der Waals surface area (Å²) in [4.78, 5) is 2.27. The number of hydrogen-bond donors (Lipinski definition) is 2. The summed E-state index contributed by atoms with van der Waals surface area (Å²) in [5.74, 6) is 0.737. The highest BCUT2D eigenvalue weighted by molar-refractivity contribution is 7.97. The molecule has 15 heavy (non-hydrogen) atoms. The number of halogens is 2. The van der Waals surface area contributed by atoms with Crippen LogP contribution in [0.1, 0.15) is 33.1 Å². The quantitative estimate of drug-likeness (QED) is 0.270. The Bertz CT molecular complexity index is 237. The van der Waals surface area contributed by atoms with Gasteiger partial charge in [-0.15, -0.1) is 0 Å². The second-order valence-corrected chi connectivity index (χ2v) is 5.50. The molecule has 3 nitrogen and oxygen atoms in total. The Hall–Kier alpha value is 0.550. The fourth-order valence-corrected chi connectivity index (χ4v) is 2.76. The van der Waals surface area contributed by atoms with Crippen molar-refractivity contribution < 1.29 is 0 Å². The second-order valence-electron chi connectivity index (χ2n) is 3.73. The molecule has 1 aliphatic rings. The number of hydrogen-bond acceptors (Lipinski definition) is 4. The third-order valence-corrected chi connectivity index (χ3v) is 3.78. The molecule has 88 valence electrons. The predicted octanol–water partition coefficient (Wildman–Crippen LogP) is 3.18. The molecule has 0 radical (unpaired) electrons. The first-order valence-corrected chi connectivity index (χ1v) is 6.74. The molecule has 0 aliphatic carbocycles. The zero-order chi connectivity index (χ0) is 11.3. The molecule has 1 atom stereocenters. The molecule has 1 rings (SSSR count). The summed E-state index contributed by atoms with van der Waals surface area (Å²) < 4.78 is 1.27. The number of rotatable bonds is 4. The Morgan fingerprint density at radius 1 is 1.67 bits per heavy atom. The normalized spacial score (nSPS) is 29.5. The van der Waals surface area contributed by atoms with E-state index < -0.39 is 5.00 Å². The molecule has 0 spiro atoms. The lowest BCUT2D eigenvalue weighted by Gasteiger charge is -2.34. The van der Waals surface area contributed by atoms with Crippen molar-refractivity contribution in [2.45, 2.75) is 38.1 Å². The third kappa shape index (κ3) is 4.93. The largest absolute Gasteiger partial charge is 0.201 e. The molecular weight excluding hydrogens is 253 g/mol. The lowest BCUT2D eigenvalue weighted by atomic mass is 10.1. The van der Waals surface area contributed by atoms with Crippen LogP contribution in [0.3, 0.4) is 0 Å². The molecule has 1 heterocycles. The summed E-state index contributed by atoms with van der Waals surface area (Å²) in [6, 6.07) is 0. The highest BCUT2D eigenvalue weighted by Gasteiger charge is 2.30. The molecular formula is C9H17Cl2N3S. The van der Waals surface area contributed by atoms with Crippen molar-refractivity contribution in [1.82, 2.24) is 14.9 Å². The van der Waals surface area contributed by atoms with E-state index in [2.05, 4.69) is 24.1 Å². The maximum Gasteiger partial charge on any atom is 0.138 e. The molecule has 1 unspecified atom stereocenters. The fourth-order valence-electron chi connectivity index (χ4n) is 1.40. The third-order valence-electron chi connectivity index (χ3n) is 2.11. The van der Waals surface area contributed by atoms with E-state index >= 15 is 0 Å². The van der Waals surface area contributed by atoms with Gasteiger partial charge in [-0.05, 0) is 25.8 Å². The highest BCUT2D eigenvalue weighted by atomic mass is 35.5. The van der Waals surface area contributed by atoms with Gasteiger partial charge in [0.15, 0.2) is 0 Å². The molecule has 0 aromatic heterocycles. The topological polar surface area (TPSA) is 27.3 Å². The van der Waals surface area contributed by atoms with Gasteiger partial charge in [0.25, 0.3) is 0 Å². The Morgan fingerprint density at radius 3 is 3.00 bits per heavy atom. The van der Waals surface area contributed by atoms with Gasteiger partial charge in [0.2, 0.25) is 0 Å². The van der Waals surface area contributed by atoms with E-state index in [1.807, 2.05) is 6.08 Å². The summed E-state index contributed by atoms with van der Waals surface area (Å²) >= 11 is 13.6. The number of nitrogens with zero attached hydrogens (tertiary/aromatic N) is 1. The van der Waals surface area contributed by atoms with Crippen molar-refractivity contribution >= 4 is 35.3 Å². The zero-order valence-corrected chi connectivity index (χ0v) is 11.3. The van der Waals surface area contributed by atoms with Crippen molar-refractivity contribution in [3.8, 4) is 0 Å². The monoisotopic (exact) mass is 269 g/mol.